The maximum absolute atomic E-state index is 2.30. The van der Waals surface area contributed by atoms with E-state index in [1.54, 1.807) is 0 Å². The lowest BCUT2D eigenvalue weighted by atomic mass is 10.0. The Morgan fingerprint density at radius 2 is 1.40 bits per heavy atom. The number of allylic oxidation sites excluding steroid dienone is 1. The molecule has 1 aliphatic heterocycles. The Kier molecular flexibility index (Phi) is 3.33. The molecule has 0 spiro atoms. The summed E-state index contributed by atoms with van der Waals surface area (Å²) in [6.07, 6.45) is 2.30. The first-order chi connectivity index (χ1) is 9.66. The van der Waals surface area contributed by atoms with Crippen LogP contribution in [0.1, 0.15) is 18.5 Å². The average Bonchev–Trinajstić information content (AvgIpc) is 2.76. The van der Waals surface area contributed by atoms with Gasteiger partial charge in [0.2, 0.25) is 0 Å². The Balaban J connectivity index is 1.88. The molecule has 0 N–H and O–H groups in total. The number of likely N-dealkylation sites (N-methyl/N-ethyl adjacent to an activating group) is 1. The van der Waals surface area contributed by atoms with Crippen molar-refractivity contribution in [2.45, 2.75) is 13.0 Å². The molecule has 0 bridgehead atoms. The molecule has 2 heteroatoms. The minimum absolute atomic E-state index is 0.338. The van der Waals surface area contributed by atoms with Gasteiger partial charge in [-0.25, -0.2) is 5.01 Å². The smallest absolute Gasteiger partial charge is 0.0740 e. The molecule has 0 aromatic heterocycles. The summed E-state index contributed by atoms with van der Waals surface area (Å²) < 4.78 is 0. The quantitative estimate of drug-likeness (QED) is 0.806. The maximum Gasteiger partial charge on any atom is 0.0740 e. The lowest BCUT2D eigenvalue weighted by Crippen LogP contribution is -2.31. The molecule has 2 nitrogen and oxygen atoms in total. The summed E-state index contributed by atoms with van der Waals surface area (Å²) >= 11 is 0. The molecule has 0 aliphatic carbocycles. The SMILES string of the molecule is CC1=CC(c2ccc(-c3ccccc3)cc2)N(C)N1C. The predicted octanol–water partition coefficient (Wildman–Crippen LogP) is 4.09. The molecule has 102 valence electrons. The number of hydrogen-bond donors (Lipinski definition) is 0. The first-order valence-corrected chi connectivity index (χ1v) is 6.97. The van der Waals surface area contributed by atoms with Crippen LogP contribution in [0.4, 0.5) is 0 Å². The van der Waals surface area contributed by atoms with Gasteiger partial charge in [0, 0.05) is 19.8 Å². The standard InChI is InChI=1S/C18H20N2/c1-14-13-18(20(3)19(14)2)17-11-9-16(10-12-17)15-7-5-4-6-8-15/h4-13,18H,1-3H3. The summed E-state index contributed by atoms with van der Waals surface area (Å²) in [6, 6.07) is 19.7. The summed E-state index contributed by atoms with van der Waals surface area (Å²) in [5.41, 5.74) is 5.16. The molecule has 20 heavy (non-hydrogen) atoms. The van der Waals surface area contributed by atoms with Crippen LogP contribution >= 0.6 is 0 Å². The molecule has 2 aromatic carbocycles. The van der Waals surface area contributed by atoms with Gasteiger partial charge in [-0.1, -0.05) is 54.6 Å². The minimum atomic E-state index is 0.338. The summed E-state index contributed by atoms with van der Waals surface area (Å²) in [5, 5.41) is 4.45. The van der Waals surface area contributed by atoms with E-state index in [0.29, 0.717) is 6.04 Å². The number of rotatable bonds is 2. The molecular weight excluding hydrogens is 244 g/mol. The zero-order chi connectivity index (χ0) is 14.1. The van der Waals surface area contributed by atoms with Gasteiger partial charge in [-0.2, -0.15) is 0 Å². The molecule has 0 saturated carbocycles. The van der Waals surface area contributed by atoms with E-state index in [9.17, 15) is 0 Å². The summed E-state index contributed by atoms with van der Waals surface area (Å²) in [6.45, 7) is 2.15. The monoisotopic (exact) mass is 264 g/mol. The van der Waals surface area contributed by atoms with Gasteiger partial charge in [-0.15, -0.1) is 0 Å². The Morgan fingerprint density at radius 3 is 1.95 bits per heavy atom. The van der Waals surface area contributed by atoms with Crippen molar-refractivity contribution < 1.29 is 0 Å². The fourth-order valence-electron chi connectivity index (χ4n) is 2.69. The van der Waals surface area contributed by atoms with E-state index in [-0.39, 0.29) is 0 Å². The van der Waals surface area contributed by atoms with Gasteiger partial charge in [-0.05, 0) is 29.7 Å². The lowest BCUT2D eigenvalue weighted by Gasteiger charge is -2.28. The molecule has 0 radical (unpaired) electrons. The van der Waals surface area contributed by atoms with Gasteiger partial charge < -0.3 is 5.01 Å². The fourth-order valence-corrected chi connectivity index (χ4v) is 2.69. The van der Waals surface area contributed by atoms with Crippen LogP contribution in [-0.2, 0) is 0 Å². The Morgan fingerprint density at radius 1 is 0.800 bits per heavy atom. The van der Waals surface area contributed by atoms with Gasteiger partial charge in [-0.3, -0.25) is 0 Å². The number of benzene rings is 2. The van der Waals surface area contributed by atoms with Gasteiger partial charge in [0.25, 0.3) is 0 Å². The molecule has 2 aromatic rings. The molecule has 0 saturated heterocycles. The van der Waals surface area contributed by atoms with Gasteiger partial charge in [0.05, 0.1) is 6.04 Å². The van der Waals surface area contributed by atoms with E-state index in [2.05, 4.69) is 91.7 Å². The van der Waals surface area contributed by atoms with Crippen molar-refractivity contribution in [3.8, 4) is 11.1 Å². The van der Waals surface area contributed by atoms with Gasteiger partial charge >= 0.3 is 0 Å². The maximum atomic E-state index is 2.30. The van der Waals surface area contributed by atoms with Crippen molar-refractivity contribution in [1.82, 2.24) is 10.0 Å². The third-order valence-corrected chi connectivity index (χ3v) is 4.14. The van der Waals surface area contributed by atoms with E-state index >= 15 is 0 Å². The summed E-state index contributed by atoms with van der Waals surface area (Å²) in [7, 11) is 4.23. The highest BCUT2D eigenvalue weighted by Crippen LogP contribution is 2.32. The molecular formula is C18H20N2. The van der Waals surface area contributed by atoms with E-state index in [1.165, 1.54) is 22.4 Å². The summed E-state index contributed by atoms with van der Waals surface area (Å²) in [4.78, 5) is 0. The van der Waals surface area contributed by atoms with E-state index in [1.807, 2.05) is 0 Å². The Hall–Kier alpha value is -2.06. The van der Waals surface area contributed by atoms with Crippen molar-refractivity contribution in [2.24, 2.45) is 0 Å². The van der Waals surface area contributed by atoms with Crippen LogP contribution in [0, 0.1) is 0 Å². The topological polar surface area (TPSA) is 6.48 Å². The van der Waals surface area contributed by atoms with E-state index < -0.39 is 0 Å². The highest BCUT2D eigenvalue weighted by Gasteiger charge is 2.25. The molecule has 1 atom stereocenters. The zero-order valence-corrected chi connectivity index (χ0v) is 12.2. The van der Waals surface area contributed by atoms with Crippen LogP contribution in [-0.4, -0.2) is 24.1 Å². The highest BCUT2D eigenvalue weighted by molar-refractivity contribution is 5.63. The lowest BCUT2D eigenvalue weighted by molar-refractivity contribution is 0.0624. The molecule has 0 fully saturated rings. The van der Waals surface area contributed by atoms with Crippen molar-refractivity contribution in [3.63, 3.8) is 0 Å². The van der Waals surface area contributed by atoms with Crippen LogP contribution in [0.3, 0.4) is 0 Å². The second-order valence-corrected chi connectivity index (χ2v) is 5.34. The second-order valence-electron chi connectivity index (χ2n) is 5.34. The molecule has 3 rings (SSSR count). The molecule has 1 heterocycles. The first kappa shape index (κ1) is 12.9. The predicted molar refractivity (Wildman–Crippen MR) is 83.9 cm³/mol. The Bertz CT molecular complexity index is 614. The number of hydrazine groups is 1. The largest absolute Gasteiger partial charge is 0.313 e. The average molecular weight is 264 g/mol. The second kappa shape index (κ2) is 5.14. The highest BCUT2D eigenvalue weighted by atomic mass is 15.6. The van der Waals surface area contributed by atoms with Crippen LogP contribution in [0.2, 0.25) is 0 Å². The van der Waals surface area contributed by atoms with Crippen LogP contribution in [0.25, 0.3) is 11.1 Å². The molecule has 1 unspecified atom stereocenters. The zero-order valence-electron chi connectivity index (χ0n) is 12.2. The third kappa shape index (κ3) is 2.23. The molecule has 0 amide bonds. The van der Waals surface area contributed by atoms with Crippen molar-refractivity contribution in [3.05, 3.63) is 71.9 Å². The number of nitrogens with zero attached hydrogens (tertiary/aromatic N) is 2. The van der Waals surface area contributed by atoms with Crippen molar-refractivity contribution >= 4 is 0 Å². The first-order valence-electron chi connectivity index (χ1n) is 6.97. The van der Waals surface area contributed by atoms with Gasteiger partial charge in [0.15, 0.2) is 0 Å². The van der Waals surface area contributed by atoms with E-state index in [0.717, 1.165) is 0 Å². The van der Waals surface area contributed by atoms with Gasteiger partial charge in [0.1, 0.15) is 0 Å². The number of hydrogen-bond acceptors (Lipinski definition) is 2. The normalized spacial score (nSPS) is 19.2. The molecule has 1 aliphatic rings. The van der Waals surface area contributed by atoms with E-state index in [4.69, 9.17) is 0 Å². The van der Waals surface area contributed by atoms with Crippen molar-refractivity contribution in [2.75, 3.05) is 14.1 Å². The van der Waals surface area contributed by atoms with Crippen LogP contribution in [0.5, 0.6) is 0 Å². The Labute approximate surface area is 120 Å². The minimum Gasteiger partial charge on any atom is -0.313 e. The fraction of sp³-hybridized carbons (Fsp3) is 0.222. The van der Waals surface area contributed by atoms with Crippen molar-refractivity contribution in [1.29, 1.82) is 0 Å². The van der Waals surface area contributed by atoms with Crippen LogP contribution in [0.15, 0.2) is 66.4 Å². The third-order valence-electron chi connectivity index (χ3n) is 4.14. The summed E-state index contributed by atoms with van der Waals surface area (Å²) in [5.74, 6) is 0. The van der Waals surface area contributed by atoms with Crippen LogP contribution < -0.4 is 0 Å².